The molecule has 1 saturated heterocycles. The van der Waals surface area contributed by atoms with Gasteiger partial charge in [-0.3, -0.25) is 4.79 Å². The van der Waals surface area contributed by atoms with Crippen LogP contribution < -0.4 is 5.32 Å². The van der Waals surface area contributed by atoms with Crippen LogP contribution in [-0.4, -0.2) is 48.6 Å². The second-order valence-electron chi connectivity index (χ2n) is 5.90. The first kappa shape index (κ1) is 17.4. The van der Waals surface area contributed by atoms with Crippen molar-refractivity contribution in [2.45, 2.75) is 70.6 Å². The lowest BCUT2D eigenvalue weighted by atomic mass is 9.94. The van der Waals surface area contributed by atoms with E-state index in [1.165, 1.54) is 6.42 Å². The average molecular weight is 287 g/mol. The molecular formula is C15H29NO4. The Bertz CT molecular complexity index is 292. The fourth-order valence-electron chi connectivity index (χ4n) is 2.48. The largest absolute Gasteiger partial charge is 0.480 e. The molecule has 0 saturated carbocycles. The third-order valence-electron chi connectivity index (χ3n) is 3.77. The second kappa shape index (κ2) is 8.60. The van der Waals surface area contributed by atoms with Crippen molar-refractivity contribution in [2.75, 3.05) is 19.8 Å². The second-order valence-corrected chi connectivity index (χ2v) is 5.90. The van der Waals surface area contributed by atoms with E-state index in [2.05, 4.69) is 5.32 Å². The first-order valence-corrected chi connectivity index (χ1v) is 7.69. The highest BCUT2D eigenvalue weighted by atomic mass is 16.5. The molecule has 0 aromatic carbocycles. The zero-order valence-electron chi connectivity index (χ0n) is 13.0. The van der Waals surface area contributed by atoms with Gasteiger partial charge in [-0.15, -0.1) is 0 Å². The predicted molar refractivity (Wildman–Crippen MR) is 78.0 cm³/mol. The molecule has 0 radical (unpaired) electrons. The molecule has 1 fully saturated rings. The number of nitrogens with one attached hydrogen (secondary N) is 1. The zero-order chi connectivity index (χ0) is 15.0. The lowest BCUT2D eigenvalue weighted by Gasteiger charge is -2.30. The van der Waals surface area contributed by atoms with E-state index in [1.807, 2.05) is 13.8 Å². The Balaban J connectivity index is 2.36. The molecule has 2 N–H and O–H groups in total. The van der Waals surface area contributed by atoms with E-state index < -0.39 is 11.5 Å². The number of ether oxygens (including phenoxy) is 2. The van der Waals surface area contributed by atoms with E-state index in [1.54, 1.807) is 6.92 Å². The maximum absolute atomic E-state index is 11.4. The van der Waals surface area contributed by atoms with Gasteiger partial charge >= 0.3 is 5.97 Å². The van der Waals surface area contributed by atoms with Crippen LogP contribution in [0.4, 0.5) is 0 Å². The Morgan fingerprint density at radius 1 is 1.55 bits per heavy atom. The Labute approximate surface area is 122 Å². The summed E-state index contributed by atoms with van der Waals surface area (Å²) in [6, 6.07) is 0. The van der Waals surface area contributed by atoms with Crippen LogP contribution >= 0.6 is 0 Å². The number of carbonyl (C=O) groups is 1. The van der Waals surface area contributed by atoms with E-state index in [0.29, 0.717) is 19.6 Å². The molecule has 0 aromatic rings. The van der Waals surface area contributed by atoms with Gasteiger partial charge in [-0.2, -0.15) is 0 Å². The Morgan fingerprint density at radius 2 is 2.30 bits per heavy atom. The molecule has 5 heteroatoms. The molecule has 1 heterocycles. The van der Waals surface area contributed by atoms with Crippen LogP contribution in [0.15, 0.2) is 0 Å². The maximum Gasteiger partial charge on any atom is 0.323 e. The Hall–Kier alpha value is -0.650. The monoisotopic (exact) mass is 287 g/mol. The molecular weight excluding hydrogens is 258 g/mol. The van der Waals surface area contributed by atoms with Crippen molar-refractivity contribution in [1.29, 1.82) is 0 Å². The summed E-state index contributed by atoms with van der Waals surface area (Å²) in [6.45, 7) is 7.74. The highest BCUT2D eigenvalue weighted by Gasteiger charge is 2.34. The summed E-state index contributed by atoms with van der Waals surface area (Å²) in [7, 11) is 0. The topological polar surface area (TPSA) is 67.8 Å². The summed E-state index contributed by atoms with van der Waals surface area (Å²) in [6.07, 6.45) is 4.79. The standard InChI is InChI=1S/C15H29NO4/c1-4-8-16-15(3,14(17)18)10-12(2)20-11-13-7-5-6-9-19-13/h12-13,16H,4-11H2,1-3H3,(H,17,18). The van der Waals surface area contributed by atoms with Crippen molar-refractivity contribution < 1.29 is 19.4 Å². The lowest BCUT2D eigenvalue weighted by molar-refractivity contribution is -0.146. The van der Waals surface area contributed by atoms with Gasteiger partial charge in [-0.25, -0.2) is 0 Å². The molecule has 0 aliphatic carbocycles. The van der Waals surface area contributed by atoms with Gasteiger partial charge in [0.2, 0.25) is 0 Å². The molecule has 118 valence electrons. The van der Waals surface area contributed by atoms with Crippen LogP contribution in [0.2, 0.25) is 0 Å². The molecule has 0 aromatic heterocycles. The number of carboxylic acid groups (broad SMARTS) is 1. The first-order valence-electron chi connectivity index (χ1n) is 7.69. The molecule has 1 aliphatic heterocycles. The molecule has 3 atom stereocenters. The summed E-state index contributed by atoms with van der Waals surface area (Å²) in [5.74, 6) is -0.824. The highest BCUT2D eigenvalue weighted by Crippen LogP contribution is 2.18. The third-order valence-corrected chi connectivity index (χ3v) is 3.77. The lowest BCUT2D eigenvalue weighted by Crippen LogP contribution is -2.52. The van der Waals surface area contributed by atoms with Gasteiger partial charge in [0.05, 0.1) is 18.8 Å². The van der Waals surface area contributed by atoms with Gasteiger partial charge in [-0.1, -0.05) is 6.92 Å². The normalized spacial score (nSPS) is 24.1. The highest BCUT2D eigenvalue weighted by molar-refractivity contribution is 5.78. The van der Waals surface area contributed by atoms with Crippen LogP contribution in [0.25, 0.3) is 0 Å². The molecule has 0 spiro atoms. The first-order chi connectivity index (χ1) is 9.48. The number of aliphatic carboxylic acids is 1. The molecule has 1 rings (SSSR count). The summed E-state index contributed by atoms with van der Waals surface area (Å²) in [5, 5.41) is 12.5. The van der Waals surface area contributed by atoms with Gasteiger partial charge in [0.1, 0.15) is 5.54 Å². The quantitative estimate of drug-likeness (QED) is 0.680. The minimum atomic E-state index is -0.928. The fourth-order valence-corrected chi connectivity index (χ4v) is 2.48. The Kier molecular flexibility index (Phi) is 7.48. The number of rotatable bonds is 9. The van der Waals surface area contributed by atoms with E-state index in [9.17, 15) is 9.90 Å². The van der Waals surface area contributed by atoms with Crippen LogP contribution in [0.1, 0.15) is 52.9 Å². The van der Waals surface area contributed by atoms with Crippen molar-refractivity contribution in [2.24, 2.45) is 0 Å². The minimum absolute atomic E-state index is 0.106. The molecule has 3 unspecified atom stereocenters. The average Bonchev–Trinajstić information content (AvgIpc) is 2.44. The number of hydrogen-bond donors (Lipinski definition) is 2. The van der Waals surface area contributed by atoms with E-state index in [-0.39, 0.29) is 12.2 Å². The summed E-state index contributed by atoms with van der Waals surface area (Å²) in [5.41, 5.74) is -0.928. The van der Waals surface area contributed by atoms with Gasteiger partial charge in [0.15, 0.2) is 0 Å². The van der Waals surface area contributed by atoms with Crippen molar-refractivity contribution in [3.8, 4) is 0 Å². The predicted octanol–water partition coefficient (Wildman–Crippen LogP) is 2.19. The van der Waals surface area contributed by atoms with Crippen molar-refractivity contribution in [1.82, 2.24) is 5.32 Å². The molecule has 1 aliphatic rings. The number of hydrogen-bond acceptors (Lipinski definition) is 4. The van der Waals surface area contributed by atoms with Crippen molar-refractivity contribution in [3.05, 3.63) is 0 Å². The van der Waals surface area contributed by atoms with Gasteiger partial charge in [0.25, 0.3) is 0 Å². The summed E-state index contributed by atoms with van der Waals surface area (Å²) >= 11 is 0. The number of carboxylic acids is 1. The van der Waals surface area contributed by atoms with Crippen LogP contribution in [0.3, 0.4) is 0 Å². The van der Waals surface area contributed by atoms with Crippen LogP contribution in [0, 0.1) is 0 Å². The van der Waals surface area contributed by atoms with Crippen LogP contribution in [-0.2, 0) is 14.3 Å². The fraction of sp³-hybridized carbons (Fsp3) is 0.933. The Morgan fingerprint density at radius 3 is 2.85 bits per heavy atom. The van der Waals surface area contributed by atoms with Gasteiger partial charge < -0.3 is 19.9 Å². The molecule has 0 amide bonds. The molecule has 0 bridgehead atoms. The summed E-state index contributed by atoms with van der Waals surface area (Å²) < 4.78 is 11.4. The van der Waals surface area contributed by atoms with Gasteiger partial charge in [0, 0.05) is 13.0 Å². The smallest absolute Gasteiger partial charge is 0.323 e. The SMILES string of the molecule is CCCNC(C)(CC(C)OCC1CCCCO1)C(=O)O. The zero-order valence-corrected chi connectivity index (χ0v) is 13.0. The van der Waals surface area contributed by atoms with Gasteiger partial charge in [-0.05, 0) is 46.1 Å². The third kappa shape index (κ3) is 5.77. The summed E-state index contributed by atoms with van der Waals surface area (Å²) in [4.78, 5) is 11.4. The van der Waals surface area contributed by atoms with Crippen molar-refractivity contribution in [3.63, 3.8) is 0 Å². The maximum atomic E-state index is 11.4. The van der Waals surface area contributed by atoms with E-state index >= 15 is 0 Å². The van der Waals surface area contributed by atoms with Crippen molar-refractivity contribution >= 4 is 5.97 Å². The van der Waals surface area contributed by atoms with Crippen LogP contribution in [0.5, 0.6) is 0 Å². The minimum Gasteiger partial charge on any atom is -0.480 e. The molecule has 5 nitrogen and oxygen atoms in total. The molecule has 20 heavy (non-hydrogen) atoms. The van der Waals surface area contributed by atoms with E-state index in [0.717, 1.165) is 25.9 Å². The van der Waals surface area contributed by atoms with E-state index in [4.69, 9.17) is 9.47 Å².